The van der Waals surface area contributed by atoms with Crippen LogP contribution in [0, 0.1) is 17.1 Å². The first-order valence-corrected chi connectivity index (χ1v) is 5.88. The third kappa shape index (κ3) is 3.62. The molecule has 17 heavy (non-hydrogen) atoms. The summed E-state index contributed by atoms with van der Waals surface area (Å²) >= 11 is 1.48. The molecule has 0 bridgehead atoms. The van der Waals surface area contributed by atoms with Gasteiger partial charge in [-0.25, -0.2) is 4.39 Å². The Morgan fingerprint density at radius 1 is 1.53 bits per heavy atom. The van der Waals surface area contributed by atoms with Gasteiger partial charge in [-0.2, -0.15) is 5.26 Å². The largest absolute Gasteiger partial charge is 0.363 e. The number of halogens is 2. The third-order valence-electron chi connectivity index (χ3n) is 2.19. The molecule has 0 spiro atoms. The minimum atomic E-state index is -0.329. The number of thioether (sulfide) groups is 1. The van der Waals surface area contributed by atoms with Crippen molar-refractivity contribution in [1.29, 1.82) is 5.26 Å². The molecular formula is C11H11ClFN3S. The number of amidine groups is 1. The molecular weight excluding hydrogens is 261 g/mol. The van der Waals surface area contributed by atoms with E-state index in [9.17, 15) is 4.39 Å². The van der Waals surface area contributed by atoms with Gasteiger partial charge in [-0.1, -0.05) is 17.8 Å². The molecule has 0 unspecified atom stereocenters. The van der Waals surface area contributed by atoms with Crippen molar-refractivity contribution in [3.05, 3.63) is 35.1 Å². The highest BCUT2D eigenvalue weighted by molar-refractivity contribution is 8.13. The maximum Gasteiger partial charge on any atom is 0.157 e. The van der Waals surface area contributed by atoms with Crippen molar-refractivity contribution >= 4 is 29.3 Å². The number of hydrogen-bond acceptors (Lipinski definition) is 4. The van der Waals surface area contributed by atoms with Gasteiger partial charge in [0.1, 0.15) is 5.82 Å². The van der Waals surface area contributed by atoms with Crippen LogP contribution in [0.25, 0.3) is 0 Å². The molecule has 6 heteroatoms. The smallest absolute Gasteiger partial charge is 0.157 e. The number of benzene rings is 1. The normalized spacial score (nSPS) is 13.3. The molecule has 0 amide bonds. The van der Waals surface area contributed by atoms with Crippen LogP contribution in [0.4, 0.5) is 4.39 Å². The fourth-order valence-corrected chi connectivity index (χ4v) is 2.27. The van der Waals surface area contributed by atoms with Gasteiger partial charge in [0.05, 0.1) is 18.2 Å². The monoisotopic (exact) mass is 271 g/mol. The Morgan fingerprint density at radius 3 is 2.94 bits per heavy atom. The van der Waals surface area contributed by atoms with Crippen molar-refractivity contribution in [2.75, 3.05) is 13.1 Å². The second kappa shape index (κ2) is 6.48. The lowest BCUT2D eigenvalue weighted by molar-refractivity contribution is 0.617. The van der Waals surface area contributed by atoms with Crippen LogP contribution in [0.5, 0.6) is 0 Å². The van der Waals surface area contributed by atoms with Gasteiger partial charge in [-0.15, -0.1) is 12.4 Å². The number of nitrogens with one attached hydrogen (secondary N) is 1. The van der Waals surface area contributed by atoms with Crippen molar-refractivity contribution in [1.82, 2.24) is 5.32 Å². The van der Waals surface area contributed by atoms with E-state index in [-0.39, 0.29) is 18.2 Å². The van der Waals surface area contributed by atoms with Crippen LogP contribution < -0.4 is 5.32 Å². The summed E-state index contributed by atoms with van der Waals surface area (Å²) in [6.45, 7) is 1.65. The van der Waals surface area contributed by atoms with E-state index in [1.165, 1.54) is 17.8 Å². The lowest BCUT2D eigenvalue weighted by atomic mass is 10.1. The number of hydrogen-bond donors (Lipinski definition) is 1. The van der Waals surface area contributed by atoms with E-state index in [2.05, 4.69) is 10.3 Å². The summed E-state index contributed by atoms with van der Waals surface area (Å²) in [6.07, 6.45) is 0. The fraction of sp³-hybridized carbons (Fsp3) is 0.273. The zero-order chi connectivity index (χ0) is 11.4. The van der Waals surface area contributed by atoms with Crippen LogP contribution in [0.3, 0.4) is 0 Å². The molecule has 1 aromatic carbocycles. The van der Waals surface area contributed by atoms with Gasteiger partial charge in [0.2, 0.25) is 0 Å². The van der Waals surface area contributed by atoms with Crippen LogP contribution in [0.2, 0.25) is 0 Å². The Hall–Kier alpha value is -1.25. The number of nitrogens with zero attached hydrogens (tertiary/aromatic N) is 2. The number of rotatable bonds is 2. The Morgan fingerprint density at radius 2 is 2.35 bits per heavy atom. The first-order chi connectivity index (χ1) is 7.79. The van der Waals surface area contributed by atoms with Gasteiger partial charge in [0.25, 0.3) is 0 Å². The summed E-state index contributed by atoms with van der Waals surface area (Å²) in [5, 5.41) is 12.6. The minimum Gasteiger partial charge on any atom is -0.363 e. The van der Waals surface area contributed by atoms with Gasteiger partial charge < -0.3 is 5.32 Å². The van der Waals surface area contributed by atoms with E-state index in [4.69, 9.17) is 5.26 Å². The van der Waals surface area contributed by atoms with Crippen LogP contribution in [-0.4, -0.2) is 18.3 Å². The third-order valence-corrected chi connectivity index (χ3v) is 3.19. The van der Waals surface area contributed by atoms with Crippen molar-refractivity contribution in [2.45, 2.75) is 5.75 Å². The first kappa shape index (κ1) is 13.8. The fourth-order valence-electron chi connectivity index (χ4n) is 1.35. The van der Waals surface area contributed by atoms with E-state index >= 15 is 0 Å². The van der Waals surface area contributed by atoms with Gasteiger partial charge in [0, 0.05) is 12.3 Å². The molecule has 0 saturated carbocycles. The van der Waals surface area contributed by atoms with Crippen molar-refractivity contribution in [2.24, 2.45) is 4.99 Å². The topological polar surface area (TPSA) is 48.2 Å². The highest BCUT2D eigenvalue weighted by Gasteiger charge is 2.08. The molecule has 0 fully saturated rings. The predicted octanol–water partition coefficient (Wildman–Crippen LogP) is 2.31. The summed E-state index contributed by atoms with van der Waals surface area (Å²) in [7, 11) is 0. The van der Waals surface area contributed by atoms with Crippen LogP contribution in [0.1, 0.15) is 11.1 Å². The molecule has 1 N–H and O–H groups in total. The molecule has 0 aromatic heterocycles. The molecule has 1 aliphatic heterocycles. The molecule has 3 nitrogen and oxygen atoms in total. The molecule has 0 aliphatic carbocycles. The molecule has 2 rings (SSSR count). The van der Waals surface area contributed by atoms with Crippen LogP contribution in [0.15, 0.2) is 23.2 Å². The zero-order valence-electron chi connectivity index (χ0n) is 8.94. The molecule has 1 heterocycles. The maximum absolute atomic E-state index is 13.5. The summed E-state index contributed by atoms with van der Waals surface area (Å²) in [5.74, 6) is 0.203. The van der Waals surface area contributed by atoms with Crippen molar-refractivity contribution in [3.63, 3.8) is 0 Å². The van der Waals surface area contributed by atoms with Gasteiger partial charge in [-0.3, -0.25) is 4.99 Å². The molecule has 1 aliphatic rings. The van der Waals surface area contributed by atoms with E-state index < -0.39 is 0 Å². The second-order valence-electron chi connectivity index (χ2n) is 3.32. The SMILES string of the molecule is Cl.N#Cc1ccc(CSC2=NCCN2)c(F)c1. The number of nitriles is 1. The molecule has 0 atom stereocenters. The van der Waals surface area contributed by atoms with Crippen LogP contribution >= 0.6 is 24.2 Å². The Kier molecular flexibility index (Phi) is 5.26. The summed E-state index contributed by atoms with van der Waals surface area (Å²) in [5.41, 5.74) is 0.947. The Balaban J connectivity index is 0.00000144. The Labute approximate surface area is 110 Å². The highest BCUT2D eigenvalue weighted by Crippen LogP contribution is 2.18. The van der Waals surface area contributed by atoms with E-state index in [0.29, 0.717) is 16.9 Å². The van der Waals surface area contributed by atoms with E-state index in [1.807, 2.05) is 6.07 Å². The second-order valence-corrected chi connectivity index (χ2v) is 4.28. The summed E-state index contributed by atoms with van der Waals surface area (Å²) in [4.78, 5) is 4.21. The number of aliphatic imine (C=N–C) groups is 1. The Bertz CT molecular complexity index is 470. The lowest BCUT2D eigenvalue weighted by Gasteiger charge is -2.03. The average Bonchev–Trinajstić information content (AvgIpc) is 2.80. The molecule has 0 radical (unpaired) electrons. The predicted molar refractivity (Wildman–Crippen MR) is 70.0 cm³/mol. The van der Waals surface area contributed by atoms with Gasteiger partial charge in [0.15, 0.2) is 5.17 Å². The molecule has 0 saturated heterocycles. The quantitative estimate of drug-likeness (QED) is 0.898. The van der Waals surface area contributed by atoms with E-state index in [0.717, 1.165) is 18.3 Å². The van der Waals surface area contributed by atoms with Gasteiger partial charge in [-0.05, 0) is 17.7 Å². The maximum atomic E-state index is 13.5. The van der Waals surface area contributed by atoms with Crippen molar-refractivity contribution < 1.29 is 4.39 Å². The standard InChI is InChI=1S/C11H10FN3S.ClH/c12-10-5-8(6-13)1-2-9(10)7-16-11-14-3-4-15-11;/h1-2,5H,3-4,7H2,(H,14,15);1H. The van der Waals surface area contributed by atoms with Crippen LogP contribution in [-0.2, 0) is 5.75 Å². The van der Waals surface area contributed by atoms with E-state index in [1.54, 1.807) is 12.1 Å². The first-order valence-electron chi connectivity index (χ1n) is 4.89. The molecule has 1 aromatic rings. The summed E-state index contributed by atoms with van der Waals surface area (Å²) < 4.78 is 13.5. The zero-order valence-corrected chi connectivity index (χ0v) is 10.6. The minimum absolute atomic E-state index is 0. The average molecular weight is 272 g/mol. The van der Waals surface area contributed by atoms with Crippen molar-refractivity contribution in [3.8, 4) is 6.07 Å². The lowest BCUT2D eigenvalue weighted by Crippen LogP contribution is -2.15. The van der Waals surface area contributed by atoms with Gasteiger partial charge >= 0.3 is 0 Å². The summed E-state index contributed by atoms with van der Waals surface area (Å²) in [6, 6.07) is 6.45. The molecule has 90 valence electrons. The highest BCUT2D eigenvalue weighted by atomic mass is 35.5.